The van der Waals surface area contributed by atoms with Crippen molar-refractivity contribution in [3.63, 3.8) is 0 Å². The van der Waals surface area contributed by atoms with Crippen molar-refractivity contribution in [1.82, 2.24) is 10.2 Å². The zero-order valence-corrected chi connectivity index (χ0v) is 13.3. The summed E-state index contributed by atoms with van der Waals surface area (Å²) in [5.74, 6) is -1.79. The van der Waals surface area contributed by atoms with Crippen LogP contribution in [0.1, 0.15) is 5.56 Å². The first-order valence-electron chi connectivity index (χ1n) is 6.87. The number of hydrogen-bond acceptors (Lipinski definition) is 5. The zero-order chi connectivity index (χ0) is 17.7. The number of carboxylic acids is 1. The summed E-state index contributed by atoms with van der Waals surface area (Å²) in [6.07, 6.45) is 2.93. The molecule has 0 saturated carbocycles. The van der Waals surface area contributed by atoms with E-state index in [4.69, 9.17) is 22.1 Å². The topological polar surface area (TPSA) is 95.9 Å². The number of benzene rings is 1. The maximum absolute atomic E-state index is 12.4. The summed E-state index contributed by atoms with van der Waals surface area (Å²) in [6, 6.07) is 6.31. The highest BCUT2D eigenvalue weighted by Crippen LogP contribution is 2.17. The second kappa shape index (κ2) is 7.51. The molecule has 0 spiro atoms. The van der Waals surface area contributed by atoms with E-state index in [1.807, 2.05) is 0 Å². The van der Waals surface area contributed by atoms with Crippen LogP contribution < -0.4 is 10.1 Å². The second-order valence-electron chi connectivity index (χ2n) is 4.77. The maximum atomic E-state index is 12.4. The standard InChI is InChI=1S/C16H14N2O5S/c1-2-7-18-15(22)12(14(21)17-16(18)24)8-10-3-5-11(6-4-10)23-9-13(19)20/h2-6,8H,1,7,9H2,(H,19,20)(H,17,21,24)/b12-8-. The third kappa shape index (κ3) is 4.05. The molecule has 1 aromatic carbocycles. The molecule has 1 aromatic rings. The molecule has 24 heavy (non-hydrogen) atoms. The van der Waals surface area contributed by atoms with Crippen LogP contribution in [0, 0.1) is 0 Å². The number of carboxylic acid groups (broad SMARTS) is 1. The summed E-state index contributed by atoms with van der Waals surface area (Å²) in [4.78, 5) is 36.0. The van der Waals surface area contributed by atoms with Crippen molar-refractivity contribution >= 4 is 41.2 Å². The number of thiocarbonyl (C=S) groups is 1. The lowest BCUT2D eigenvalue weighted by atomic mass is 10.1. The molecule has 7 nitrogen and oxygen atoms in total. The summed E-state index contributed by atoms with van der Waals surface area (Å²) in [5.41, 5.74) is 0.534. The maximum Gasteiger partial charge on any atom is 0.341 e. The van der Waals surface area contributed by atoms with Crippen LogP contribution in [0.2, 0.25) is 0 Å². The fourth-order valence-electron chi connectivity index (χ4n) is 1.96. The molecule has 0 unspecified atom stereocenters. The molecule has 0 radical (unpaired) electrons. The quantitative estimate of drug-likeness (QED) is 0.345. The Balaban J connectivity index is 2.20. The Morgan fingerprint density at radius 1 is 1.33 bits per heavy atom. The van der Waals surface area contributed by atoms with Crippen LogP contribution in [-0.4, -0.2) is 46.1 Å². The summed E-state index contributed by atoms with van der Waals surface area (Å²) < 4.78 is 5.01. The lowest BCUT2D eigenvalue weighted by Crippen LogP contribution is -2.53. The Kier molecular flexibility index (Phi) is 5.43. The van der Waals surface area contributed by atoms with Crippen molar-refractivity contribution in [3.05, 3.63) is 48.1 Å². The molecule has 124 valence electrons. The van der Waals surface area contributed by atoms with Crippen molar-refractivity contribution in [2.24, 2.45) is 0 Å². The molecule has 8 heteroatoms. The van der Waals surface area contributed by atoms with Gasteiger partial charge in [0.05, 0.1) is 0 Å². The minimum absolute atomic E-state index is 0.0412. The van der Waals surface area contributed by atoms with Crippen LogP contribution in [0.4, 0.5) is 0 Å². The average Bonchev–Trinajstić information content (AvgIpc) is 2.54. The Morgan fingerprint density at radius 2 is 2.00 bits per heavy atom. The first kappa shape index (κ1) is 17.4. The monoisotopic (exact) mass is 346 g/mol. The van der Waals surface area contributed by atoms with Gasteiger partial charge in [0.15, 0.2) is 11.7 Å². The van der Waals surface area contributed by atoms with E-state index in [1.165, 1.54) is 17.1 Å². The Labute approximate surface area is 143 Å². The van der Waals surface area contributed by atoms with Crippen LogP contribution in [-0.2, 0) is 14.4 Å². The minimum atomic E-state index is -1.08. The molecule has 0 aromatic heterocycles. The van der Waals surface area contributed by atoms with Gasteiger partial charge in [-0.25, -0.2) is 4.79 Å². The summed E-state index contributed by atoms with van der Waals surface area (Å²) in [5, 5.41) is 11.0. The van der Waals surface area contributed by atoms with Gasteiger partial charge in [0.25, 0.3) is 11.8 Å². The molecule has 0 aliphatic carbocycles. The van der Waals surface area contributed by atoms with Crippen LogP contribution in [0.3, 0.4) is 0 Å². The number of nitrogens with zero attached hydrogens (tertiary/aromatic N) is 1. The normalized spacial score (nSPS) is 16.1. The minimum Gasteiger partial charge on any atom is -0.482 e. The average molecular weight is 346 g/mol. The van der Waals surface area contributed by atoms with Gasteiger partial charge in [0.1, 0.15) is 11.3 Å². The van der Waals surface area contributed by atoms with Crippen molar-refractivity contribution < 1.29 is 24.2 Å². The molecule has 1 heterocycles. The highest BCUT2D eigenvalue weighted by Gasteiger charge is 2.32. The number of carbonyl (C=O) groups excluding carboxylic acids is 2. The number of ether oxygens (including phenoxy) is 1. The van der Waals surface area contributed by atoms with E-state index >= 15 is 0 Å². The molecule has 2 amide bonds. The second-order valence-corrected chi connectivity index (χ2v) is 5.16. The van der Waals surface area contributed by atoms with Gasteiger partial charge in [0, 0.05) is 6.54 Å². The van der Waals surface area contributed by atoms with Crippen LogP contribution in [0.25, 0.3) is 6.08 Å². The highest BCUT2D eigenvalue weighted by molar-refractivity contribution is 7.80. The van der Waals surface area contributed by atoms with E-state index in [9.17, 15) is 14.4 Å². The third-order valence-corrected chi connectivity index (χ3v) is 3.37. The molecule has 1 saturated heterocycles. The van der Waals surface area contributed by atoms with E-state index in [0.717, 1.165) is 0 Å². The molecule has 1 aliphatic rings. The number of aliphatic carboxylic acids is 1. The SMILES string of the molecule is C=CCN1C(=O)/C(=C\c2ccc(OCC(=O)O)cc2)C(=O)NC1=S. The molecule has 0 atom stereocenters. The summed E-state index contributed by atoms with van der Waals surface area (Å²) in [6.45, 7) is 3.29. The molecule has 2 rings (SSSR count). The van der Waals surface area contributed by atoms with Crippen LogP contribution in [0.15, 0.2) is 42.5 Å². The van der Waals surface area contributed by atoms with Crippen molar-refractivity contribution in [1.29, 1.82) is 0 Å². The van der Waals surface area contributed by atoms with Crippen molar-refractivity contribution in [2.45, 2.75) is 0 Å². The van der Waals surface area contributed by atoms with E-state index < -0.39 is 24.4 Å². The Hall–Kier alpha value is -3.00. The number of amides is 2. The molecule has 1 fully saturated rings. The first-order chi connectivity index (χ1) is 11.4. The third-order valence-electron chi connectivity index (χ3n) is 3.05. The first-order valence-corrected chi connectivity index (χ1v) is 7.27. The number of hydrogen-bond donors (Lipinski definition) is 2. The Morgan fingerprint density at radius 3 is 2.58 bits per heavy atom. The molecular weight excluding hydrogens is 332 g/mol. The predicted molar refractivity (Wildman–Crippen MR) is 90.2 cm³/mol. The lowest BCUT2D eigenvalue weighted by molar-refractivity contribution is -0.139. The smallest absolute Gasteiger partial charge is 0.341 e. The van der Waals surface area contributed by atoms with Crippen molar-refractivity contribution in [3.8, 4) is 5.75 Å². The van der Waals surface area contributed by atoms with E-state index in [1.54, 1.807) is 24.3 Å². The van der Waals surface area contributed by atoms with Gasteiger partial charge < -0.3 is 9.84 Å². The zero-order valence-electron chi connectivity index (χ0n) is 12.5. The van der Waals surface area contributed by atoms with Crippen LogP contribution in [0.5, 0.6) is 5.75 Å². The van der Waals surface area contributed by atoms with Gasteiger partial charge in [-0.3, -0.25) is 19.8 Å². The van der Waals surface area contributed by atoms with E-state index in [0.29, 0.717) is 11.3 Å². The van der Waals surface area contributed by atoms with Gasteiger partial charge in [-0.05, 0) is 36.0 Å². The number of carbonyl (C=O) groups is 3. The van der Waals surface area contributed by atoms with Crippen LogP contribution >= 0.6 is 12.2 Å². The fourth-order valence-corrected chi connectivity index (χ4v) is 2.21. The Bertz CT molecular complexity index is 739. The molecule has 2 N–H and O–H groups in total. The largest absolute Gasteiger partial charge is 0.482 e. The number of rotatable bonds is 6. The van der Waals surface area contributed by atoms with Gasteiger partial charge in [0.2, 0.25) is 0 Å². The van der Waals surface area contributed by atoms with E-state index in [-0.39, 0.29) is 17.2 Å². The van der Waals surface area contributed by atoms with Gasteiger partial charge in [-0.15, -0.1) is 6.58 Å². The predicted octanol–water partition coefficient (Wildman–Crippen LogP) is 0.963. The van der Waals surface area contributed by atoms with Gasteiger partial charge in [-0.2, -0.15) is 0 Å². The van der Waals surface area contributed by atoms with Crippen molar-refractivity contribution in [2.75, 3.05) is 13.2 Å². The molecule has 1 aliphatic heterocycles. The lowest BCUT2D eigenvalue weighted by Gasteiger charge is -2.27. The molecular formula is C16H14N2O5S. The van der Waals surface area contributed by atoms with E-state index in [2.05, 4.69) is 11.9 Å². The highest BCUT2D eigenvalue weighted by atomic mass is 32.1. The van der Waals surface area contributed by atoms with Gasteiger partial charge >= 0.3 is 5.97 Å². The fraction of sp³-hybridized carbons (Fsp3) is 0.125. The number of nitrogens with one attached hydrogen (secondary N) is 1. The summed E-state index contributed by atoms with van der Waals surface area (Å²) >= 11 is 4.97. The summed E-state index contributed by atoms with van der Waals surface area (Å²) in [7, 11) is 0. The van der Waals surface area contributed by atoms with Gasteiger partial charge in [-0.1, -0.05) is 18.2 Å². The molecule has 0 bridgehead atoms.